The Kier molecular flexibility index (Phi) is 6.75. The molecular weight excluding hydrogens is 414 g/mol. The number of carbonyl (C=O) groups is 2. The summed E-state index contributed by atoms with van der Waals surface area (Å²) in [5.41, 5.74) is 6.03. The van der Waals surface area contributed by atoms with Gasteiger partial charge in [0.25, 0.3) is 5.91 Å². The summed E-state index contributed by atoms with van der Waals surface area (Å²) in [7, 11) is 0. The van der Waals surface area contributed by atoms with Crippen LogP contribution in [-0.2, 0) is 9.53 Å². The Labute approximate surface area is 195 Å². The topological polar surface area (TPSA) is 71.5 Å². The van der Waals surface area contributed by atoms with Gasteiger partial charge in [-0.1, -0.05) is 23.8 Å². The van der Waals surface area contributed by atoms with Crippen molar-refractivity contribution in [3.63, 3.8) is 0 Å². The van der Waals surface area contributed by atoms with Crippen molar-refractivity contribution >= 4 is 28.4 Å². The summed E-state index contributed by atoms with van der Waals surface area (Å²) >= 11 is 0. The van der Waals surface area contributed by atoms with Crippen LogP contribution in [0.1, 0.15) is 45.6 Å². The monoisotopic (exact) mass is 445 g/mol. The minimum Gasteiger partial charge on any atom is -0.376 e. The lowest BCUT2D eigenvalue weighted by Gasteiger charge is -2.26. The molecule has 1 fully saturated rings. The van der Waals surface area contributed by atoms with Crippen molar-refractivity contribution in [2.75, 3.05) is 25.0 Å². The van der Waals surface area contributed by atoms with E-state index in [1.54, 1.807) is 4.90 Å². The zero-order valence-corrected chi connectivity index (χ0v) is 19.8. The summed E-state index contributed by atoms with van der Waals surface area (Å²) < 4.78 is 5.78. The van der Waals surface area contributed by atoms with E-state index in [4.69, 9.17) is 4.74 Å². The highest BCUT2D eigenvalue weighted by Crippen LogP contribution is 2.22. The largest absolute Gasteiger partial charge is 0.376 e. The SMILES string of the molecule is Cc1ccc2nc(C)c(C(=O)N(CC(=O)Nc3cccc(C)c3C)CC3CCCO3)cc2c1. The van der Waals surface area contributed by atoms with Crippen molar-refractivity contribution in [3.05, 3.63) is 70.4 Å². The standard InChI is InChI=1S/C27H31N3O3/c1-17-10-11-25-21(13-17)14-23(20(4)28-25)27(32)30(15-22-8-6-12-33-22)16-26(31)29-24-9-5-7-18(2)19(24)3/h5,7,9-11,13-14,22H,6,8,12,15-16H2,1-4H3,(H,29,31). The van der Waals surface area contributed by atoms with Crippen LogP contribution in [0.3, 0.4) is 0 Å². The molecule has 2 aromatic carbocycles. The van der Waals surface area contributed by atoms with E-state index in [1.165, 1.54) is 0 Å². The van der Waals surface area contributed by atoms with E-state index in [2.05, 4.69) is 10.3 Å². The van der Waals surface area contributed by atoms with Gasteiger partial charge in [0.1, 0.15) is 6.54 Å². The van der Waals surface area contributed by atoms with Crippen LogP contribution in [0.2, 0.25) is 0 Å². The van der Waals surface area contributed by atoms with E-state index in [-0.39, 0.29) is 24.5 Å². The highest BCUT2D eigenvalue weighted by molar-refractivity contribution is 6.02. The van der Waals surface area contributed by atoms with Gasteiger partial charge in [-0.05, 0) is 75.9 Å². The molecule has 1 aliphatic heterocycles. The number of hydrogen-bond donors (Lipinski definition) is 1. The van der Waals surface area contributed by atoms with Gasteiger partial charge < -0.3 is 15.0 Å². The first kappa shape index (κ1) is 22.9. The Morgan fingerprint density at radius 3 is 2.70 bits per heavy atom. The quantitative estimate of drug-likeness (QED) is 0.596. The maximum Gasteiger partial charge on any atom is 0.256 e. The number of amides is 2. The molecule has 1 N–H and O–H groups in total. The average molecular weight is 446 g/mol. The Morgan fingerprint density at radius 1 is 1.12 bits per heavy atom. The normalized spacial score (nSPS) is 15.6. The van der Waals surface area contributed by atoms with Crippen molar-refractivity contribution in [2.45, 2.75) is 46.6 Å². The Morgan fingerprint density at radius 2 is 1.94 bits per heavy atom. The van der Waals surface area contributed by atoms with Crippen molar-refractivity contribution in [1.82, 2.24) is 9.88 Å². The van der Waals surface area contributed by atoms with Gasteiger partial charge >= 0.3 is 0 Å². The fraction of sp³-hybridized carbons (Fsp3) is 0.370. The number of nitrogens with zero attached hydrogens (tertiary/aromatic N) is 2. The molecule has 2 amide bonds. The minimum absolute atomic E-state index is 0.0443. The summed E-state index contributed by atoms with van der Waals surface area (Å²) in [6.45, 7) is 8.87. The molecule has 1 aromatic heterocycles. The van der Waals surface area contributed by atoms with E-state index < -0.39 is 0 Å². The second kappa shape index (κ2) is 9.71. The molecule has 33 heavy (non-hydrogen) atoms. The smallest absolute Gasteiger partial charge is 0.256 e. The molecule has 0 radical (unpaired) electrons. The lowest BCUT2D eigenvalue weighted by atomic mass is 10.1. The number of anilines is 1. The van der Waals surface area contributed by atoms with E-state index in [0.29, 0.717) is 24.4 Å². The third kappa shape index (κ3) is 5.22. The number of carbonyl (C=O) groups excluding carboxylic acids is 2. The van der Waals surface area contributed by atoms with Crippen LogP contribution in [0.25, 0.3) is 10.9 Å². The number of nitrogens with one attached hydrogen (secondary N) is 1. The maximum atomic E-state index is 13.6. The average Bonchev–Trinajstić information content (AvgIpc) is 3.29. The Balaban J connectivity index is 1.60. The third-order valence-electron chi connectivity index (χ3n) is 6.34. The van der Waals surface area contributed by atoms with Gasteiger partial charge in [0, 0.05) is 24.2 Å². The second-order valence-electron chi connectivity index (χ2n) is 8.93. The summed E-state index contributed by atoms with van der Waals surface area (Å²) in [5, 5.41) is 3.89. The number of ether oxygens (including phenoxy) is 1. The highest BCUT2D eigenvalue weighted by atomic mass is 16.5. The second-order valence-corrected chi connectivity index (χ2v) is 8.93. The number of fused-ring (bicyclic) bond motifs is 1. The lowest BCUT2D eigenvalue weighted by Crippen LogP contribution is -2.42. The lowest BCUT2D eigenvalue weighted by molar-refractivity contribution is -0.117. The predicted octanol–water partition coefficient (Wildman–Crippen LogP) is 4.73. The molecule has 0 saturated carbocycles. The molecule has 6 heteroatoms. The molecule has 1 saturated heterocycles. The van der Waals surface area contributed by atoms with Crippen LogP contribution < -0.4 is 5.32 Å². The molecular formula is C27H31N3O3. The summed E-state index contributed by atoms with van der Waals surface area (Å²) in [6, 6.07) is 13.7. The third-order valence-corrected chi connectivity index (χ3v) is 6.34. The zero-order valence-electron chi connectivity index (χ0n) is 19.8. The van der Waals surface area contributed by atoms with Gasteiger partial charge in [-0.2, -0.15) is 0 Å². The molecule has 6 nitrogen and oxygen atoms in total. The van der Waals surface area contributed by atoms with Gasteiger partial charge in [-0.25, -0.2) is 0 Å². The number of hydrogen-bond acceptors (Lipinski definition) is 4. The molecule has 0 spiro atoms. The summed E-state index contributed by atoms with van der Waals surface area (Å²) in [5.74, 6) is -0.424. The fourth-order valence-electron chi connectivity index (χ4n) is 4.28. The van der Waals surface area contributed by atoms with E-state index in [1.807, 2.05) is 70.2 Å². The molecule has 4 rings (SSSR count). The van der Waals surface area contributed by atoms with Crippen molar-refractivity contribution in [3.8, 4) is 0 Å². The van der Waals surface area contributed by atoms with Gasteiger partial charge in [-0.3, -0.25) is 14.6 Å². The number of aryl methyl sites for hydroxylation is 3. The van der Waals surface area contributed by atoms with Gasteiger partial charge in [0.05, 0.1) is 22.9 Å². The molecule has 1 atom stereocenters. The van der Waals surface area contributed by atoms with E-state index in [0.717, 1.165) is 46.1 Å². The summed E-state index contributed by atoms with van der Waals surface area (Å²) in [4.78, 5) is 32.9. The van der Waals surface area contributed by atoms with Crippen molar-refractivity contribution in [1.29, 1.82) is 0 Å². The van der Waals surface area contributed by atoms with Crippen molar-refractivity contribution in [2.24, 2.45) is 0 Å². The van der Waals surface area contributed by atoms with Crippen LogP contribution in [-0.4, -0.2) is 47.5 Å². The number of rotatable bonds is 6. The van der Waals surface area contributed by atoms with Crippen LogP contribution in [0.5, 0.6) is 0 Å². The minimum atomic E-state index is -0.225. The number of aromatic nitrogens is 1. The Hall–Kier alpha value is -3.25. The molecule has 172 valence electrons. The number of pyridine rings is 1. The van der Waals surface area contributed by atoms with Gasteiger partial charge in [-0.15, -0.1) is 0 Å². The van der Waals surface area contributed by atoms with Crippen LogP contribution in [0.15, 0.2) is 42.5 Å². The van der Waals surface area contributed by atoms with Crippen LogP contribution >= 0.6 is 0 Å². The molecule has 1 aliphatic rings. The molecule has 0 aliphatic carbocycles. The van der Waals surface area contributed by atoms with Gasteiger partial charge in [0.15, 0.2) is 0 Å². The predicted molar refractivity (Wildman–Crippen MR) is 131 cm³/mol. The number of benzene rings is 2. The van der Waals surface area contributed by atoms with Crippen molar-refractivity contribution < 1.29 is 14.3 Å². The molecule has 0 bridgehead atoms. The zero-order chi connectivity index (χ0) is 23.5. The first-order valence-corrected chi connectivity index (χ1v) is 11.5. The first-order valence-electron chi connectivity index (χ1n) is 11.5. The van der Waals surface area contributed by atoms with E-state index in [9.17, 15) is 9.59 Å². The van der Waals surface area contributed by atoms with Crippen LogP contribution in [0.4, 0.5) is 5.69 Å². The molecule has 1 unspecified atom stereocenters. The fourth-order valence-corrected chi connectivity index (χ4v) is 4.28. The molecule has 3 aromatic rings. The Bertz CT molecular complexity index is 1200. The maximum absolute atomic E-state index is 13.6. The highest BCUT2D eigenvalue weighted by Gasteiger charge is 2.27. The summed E-state index contributed by atoms with van der Waals surface area (Å²) in [6.07, 6.45) is 1.80. The van der Waals surface area contributed by atoms with E-state index >= 15 is 0 Å². The van der Waals surface area contributed by atoms with Crippen LogP contribution in [0, 0.1) is 27.7 Å². The first-order chi connectivity index (χ1) is 15.8. The van der Waals surface area contributed by atoms with Gasteiger partial charge in [0.2, 0.25) is 5.91 Å². The molecule has 2 heterocycles.